The van der Waals surface area contributed by atoms with E-state index in [0.29, 0.717) is 0 Å². The van der Waals surface area contributed by atoms with E-state index < -0.39 is 8.07 Å². The van der Waals surface area contributed by atoms with Crippen LogP contribution in [0.4, 0.5) is 0 Å². The van der Waals surface area contributed by atoms with Gasteiger partial charge in [0.15, 0.2) is 8.07 Å². The van der Waals surface area contributed by atoms with Gasteiger partial charge in [-0.3, -0.25) is 0 Å². The Balaban J connectivity index is 1.09. The van der Waals surface area contributed by atoms with Gasteiger partial charge in [-0.25, -0.2) is 0 Å². The standard InChI is InChI=1S/C66H45N3Si/c1-5-21-46(22-6-1)47-23-19-24-48(43-47)68-63-44-49(67-60-35-16-13-31-54(60)55-32-14-17-36-61(55)67)39-41-57(63)58-42-40-50(45-64(58)68)69-62-37-18-15-33-56(62)59-34-20-38-65(66(59)69)70(51-25-7-2-8-26-51,52-27-9-3-10-28-52)53-29-11-4-12-30-53/h1-45H. The largest absolute Gasteiger partial charge is 0.309 e. The van der Waals surface area contributed by atoms with Crippen LogP contribution in [0, 0.1) is 0 Å². The van der Waals surface area contributed by atoms with Crippen molar-refractivity contribution in [3.05, 3.63) is 273 Å². The van der Waals surface area contributed by atoms with Crippen LogP contribution in [0.25, 0.3) is 93.6 Å². The van der Waals surface area contributed by atoms with Crippen LogP contribution in [0.2, 0.25) is 0 Å². The topological polar surface area (TPSA) is 14.8 Å². The lowest BCUT2D eigenvalue weighted by Gasteiger charge is -2.35. The minimum atomic E-state index is -2.97. The van der Waals surface area contributed by atoms with Gasteiger partial charge in [-0.15, -0.1) is 0 Å². The molecule has 3 nitrogen and oxygen atoms in total. The van der Waals surface area contributed by atoms with Crippen LogP contribution in [0.15, 0.2) is 273 Å². The number of para-hydroxylation sites is 4. The molecule has 0 radical (unpaired) electrons. The maximum atomic E-state index is 2.57. The highest BCUT2D eigenvalue weighted by Crippen LogP contribution is 2.40. The van der Waals surface area contributed by atoms with Crippen molar-refractivity contribution in [2.75, 3.05) is 0 Å². The second-order valence-electron chi connectivity index (χ2n) is 18.4. The number of nitrogens with zero attached hydrogens (tertiary/aromatic N) is 3. The molecular formula is C66H45N3Si. The highest BCUT2D eigenvalue weighted by atomic mass is 28.3. The van der Waals surface area contributed by atoms with Gasteiger partial charge in [0.05, 0.1) is 33.1 Å². The molecule has 0 atom stereocenters. The molecule has 0 saturated carbocycles. The summed E-state index contributed by atoms with van der Waals surface area (Å²) in [5, 5.41) is 12.8. The Hall–Kier alpha value is -8.96. The van der Waals surface area contributed by atoms with Crippen molar-refractivity contribution in [2.45, 2.75) is 0 Å². The minimum absolute atomic E-state index is 1.12. The number of hydrogen-bond donors (Lipinski definition) is 0. The molecule has 3 aromatic heterocycles. The average Bonchev–Trinajstić information content (AvgIpc) is 4.08. The van der Waals surface area contributed by atoms with E-state index in [4.69, 9.17) is 0 Å². The molecule has 11 aromatic carbocycles. The minimum Gasteiger partial charge on any atom is -0.309 e. The summed E-state index contributed by atoms with van der Waals surface area (Å²) in [6.45, 7) is 0. The Labute approximate surface area is 407 Å². The quantitative estimate of drug-likeness (QED) is 0.107. The van der Waals surface area contributed by atoms with Crippen molar-refractivity contribution in [3.63, 3.8) is 0 Å². The zero-order valence-electron chi connectivity index (χ0n) is 38.3. The van der Waals surface area contributed by atoms with E-state index in [9.17, 15) is 0 Å². The summed E-state index contributed by atoms with van der Waals surface area (Å²) < 4.78 is 7.51. The van der Waals surface area contributed by atoms with Crippen molar-refractivity contribution in [3.8, 4) is 28.2 Å². The predicted molar refractivity (Wildman–Crippen MR) is 299 cm³/mol. The normalized spacial score (nSPS) is 12.0. The first-order valence-electron chi connectivity index (χ1n) is 24.2. The van der Waals surface area contributed by atoms with Gasteiger partial charge >= 0.3 is 0 Å². The molecule has 0 unspecified atom stereocenters. The van der Waals surface area contributed by atoms with Crippen LogP contribution in [-0.4, -0.2) is 21.8 Å². The second kappa shape index (κ2) is 16.1. The second-order valence-corrected chi connectivity index (χ2v) is 22.2. The van der Waals surface area contributed by atoms with Gasteiger partial charge in [-0.2, -0.15) is 0 Å². The van der Waals surface area contributed by atoms with E-state index in [-0.39, 0.29) is 0 Å². The zero-order chi connectivity index (χ0) is 46.2. The van der Waals surface area contributed by atoms with Gasteiger partial charge in [0.25, 0.3) is 0 Å². The van der Waals surface area contributed by atoms with E-state index in [1.807, 2.05) is 0 Å². The van der Waals surface area contributed by atoms with Crippen LogP contribution in [0.1, 0.15) is 0 Å². The van der Waals surface area contributed by atoms with Crippen molar-refractivity contribution < 1.29 is 0 Å². The number of fused-ring (bicyclic) bond motifs is 9. The molecule has 14 rings (SSSR count). The molecule has 3 heterocycles. The number of hydrogen-bond acceptors (Lipinski definition) is 0. The van der Waals surface area contributed by atoms with Crippen LogP contribution >= 0.6 is 0 Å². The molecule has 0 aliphatic rings. The summed E-state index contributed by atoms with van der Waals surface area (Å²) in [5.41, 5.74) is 12.9. The predicted octanol–water partition coefficient (Wildman–Crippen LogP) is 14.0. The lowest BCUT2D eigenvalue weighted by atomic mass is 10.1. The molecule has 0 amide bonds. The van der Waals surface area contributed by atoms with Gasteiger partial charge in [-0.1, -0.05) is 218 Å². The highest BCUT2D eigenvalue weighted by molar-refractivity contribution is 7.20. The Kier molecular flexibility index (Phi) is 9.23. The lowest BCUT2D eigenvalue weighted by molar-refractivity contribution is 1.14. The van der Waals surface area contributed by atoms with Crippen molar-refractivity contribution in [2.24, 2.45) is 0 Å². The fraction of sp³-hybridized carbons (Fsp3) is 0. The SMILES string of the molecule is c1ccc(-c2cccc(-n3c4cc(-n5c6ccccc6c6ccccc65)ccc4c4ccc(-n5c6ccccc6c6cccc([Si](c7ccccc7)(c7ccccc7)c7ccccc7)c65)cc43)c2)cc1. The van der Waals surface area contributed by atoms with E-state index >= 15 is 0 Å². The molecule has 0 aliphatic carbocycles. The molecule has 328 valence electrons. The van der Waals surface area contributed by atoms with E-state index in [0.717, 1.165) is 28.1 Å². The molecule has 0 bridgehead atoms. The molecular weight excluding hydrogens is 863 g/mol. The Bertz CT molecular complexity index is 4130. The summed E-state index contributed by atoms with van der Waals surface area (Å²) in [6, 6.07) is 101. The Morgan fingerprint density at radius 3 is 1.14 bits per heavy atom. The monoisotopic (exact) mass is 907 g/mol. The van der Waals surface area contributed by atoms with Crippen molar-refractivity contribution in [1.82, 2.24) is 13.7 Å². The maximum absolute atomic E-state index is 2.97. The molecule has 4 heteroatoms. The van der Waals surface area contributed by atoms with Crippen LogP contribution in [0.3, 0.4) is 0 Å². The summed E-state index contributed by atoms with van der Waals surface area (Å²) in [5.74, 6) is 0. The van der Waals surface area contributed by atoms with Gasteiger partial charge < -0.3 is 13.7 Å². The Morgan fingerprint density at radius 2 is 0.600 bits per heavy atom. The van der Waals surface area contributed by atoms with Crippen LogP contribution in [-0.2, 0) is 0 Å². The number of benzene rings is 11. The smallest absolute Gasteiger partial charge is 0.181 e. The molecule has 14 aromatic rings. The summed E-state index contributed by atoms with van der Waals surface area (Å²) in [4.78, 5) is 0. The number of rotatable bonds is 8. The third-order valence-electron chi connectivity index (χ3n) is 14.8. The third-order valence-corrected chi connectivity index (χ3v) is 19.6. The van der Waals surface area contributed by atoms with Crippen LogP contribution in [0.5, 0.6) is 0 Å². The highest BCUT2D eigenvalue weighted by Gasteiger charge is 2.43. The summed E-state index contributed by atoms with van der Waals surface area (Å²) in [6.07, 6.45) is 0. The lowest BCUT2D eigenvalue weighted by Crippen LogP contribution is -2.75. The maximum Gasteiger partial charge on any atom is 0.181 e. The number of aromatic nitrogens is 3. The van der Waals surface area contributed by atoms with Gasteiger partial charge in [0, 0.05) is 49.4 Å². The van der Waals surface area contributed by atoms with Crippen molar-refractivity contribution in [1.29, 1.82) is 0 Å². The van der Waals surface area contributed by atoms with E-state index in [1.165, 1.54) is 86.3 Å². The third kappa shape index (κ3) is 6.00. The first kappa shape index (κ1) is 40.1. The van der Waals surface area contributed by atoms with Gasteiger partial charge in [0.1, 0.15) is 0 Å². The Morgan fingerprint density at radius 1 is 0.229 bits per heavy atom. The molecule has 0 fully saturated rings. The molecule has 0 N–H and O–H groups in total. The fourth-order valence-electron chi connectivity index (χ4n) is 11.8. The molecule has 0 spiro atoms. The molecule has 70 heavy (non-hydrogen) atoms. The summed E-state index contributed by atoms with van der Waals surface area (Å²) in [7, 11) is -2.97. The van der Waals surface area contributed by atoms with Crippen LogP contribution < -0.4 is 20.7 Å². The molecule has 0 aliphatic heterocycles. The van der Waals surface area contributed by atoms with Crippen molar-refractivity contribution >= 4 is 94.2 Å². The first-order valence-corrected chi connectivity index (χ1v) is 26.2. The van der Waals surface area contributed by atoms with Gasteiger partial charge in [-0.05, 0) is 86.5 Å². The zero-order valence-corrected chi connectivity index (χ0v) is 39.3. The van der Waals surface area contributed by atoms with E-state index in [2.05, 4.69) is 287 Å². The first-order chi connectivity index (χ1) is 34.8. The molecule has 0 saturated heterocycles. The average molecular weight is 908 g/mol. The van der Waals surface area contributed by atoms with E-state index in [1.54, 1.807) is 0 Å². The summed E-state index contributed by atoms with van der Waals surface area (Å²) >= 11 is 0. The fourth-order valence-corrected chi connectivity index (χ4v) is 16.8. The van der Waals surface area contributed by atoms with Gasteiger partial charge in [0.2, 0.25) is 0 Å².